The van der Waals surface area contributed by atoms with E-state index in [-0.39, 0.29) is 38.6 Å². The van der Waals surface area contributed by atoms with E-state index in [9.17, 15) is 19.2 Å². The number of aliphatic hydroxyl groups excluding tert-OH is 1. The molecular formula is C15H27NO8. The summed E-state index contributed by atoms with van der Waals surface area (Å²) in [4.78, 5) is 41.3. The van der Waals surface area contributed by atoms with Gasteiger partial charge < -0.3 is 25.0 Å². The Morgan fingerprint density at radius 2 is 1.71 bits per heavy atom. The van der Waals surface area contributed by atoms with Crippen molar-refractivity contribution in [3.63, 3.8) is 0 Å². The highest BCUT2D eigenvalue weighted by molar-refractivity contribution is 5.75. The molecule has 0 aliphatic heterocycles. The van der Waals surface area contributed by atoms with Crippen molar-refractivity contribution in [1.82, 2.24) is 5.32 Å². The summed E-state index contributed by atoms with van der Waals surface area (Å²) in [5.41, 5.74) is 0. The van der Waals surface area contributed by atoms with E-state index >= 15 is 0 Å². The first-order valence-electron chi connectivity index (χ1n) is 7.78. The van der Waals surface area contributed by atoms with E-state index < -0.39 is 11.9 Å². The van der Waals surface area contributed by atoms with Crippen molar-refractivity contribution in [2.24, 2.45) is 0 Å². The molecule has 0 fully saturated rings. The third-order valence-corrected chi connectivity index (χ3v) is 2.45. The van der Waals surface area contributed by atoms with Crippen LogP contribution in [0.1, 0.15) is 45.4 Å². The summed E-state index contributed by atoms with van der Waals surface area (Å²) >= 11 is 0. The fraction of sp³-hybridized carbons (Fsp3) is 0.733. The van der Waals surface area contributed by atoms with Gasteiger partial charge in [0.25, 0.3) is 6.47 Å². The number of aliphatic carboxylic acids is 1. The van der Waals surface area contributed by atoms with E-state index in [0.717, 1.165) is 0 Å². The average molecular weight is 349 g/mol. The number of amides is 1. The summed E-state index contributed by atoms with van der Waals surface area (Å²) in [5.74, 6) is -1.30. The van der Waals surface area contributed by atoms with Gasteiger partial charge in [0.1, 0.15) is 0 Å². The Bertz CT molecular complexity index is 359. The van der Waals surface area contributed by atoms with Crippen LogP contribution in [0.4, 0.5) is 0 Å². The number of carboxylic acids is 1. The summed E-state index contributed by atoms with van der Waals surface area (Å²) in [7, 11) is 0. The fourth-order valence-corrected chi connectivity index (χ4v) is 1.35. The van der Waals surface area contributed by atoms with E-state index in [1.807, 2.05) is 6.92 Å². The van der Waals surface area contributed by atoms with Crippen LogP contribution in [0, 0.1) is 0 Å². The molecule has 0 aliphatic carbocycles. The minimum atomic E-state index is -0.912. The van der Waals surface area contributed by atoms with Crippen LogP contribution in [0.3, 0.4) is 0 Å². The van der Waals surface area contributed by atoms with Gasteiger partial charge in [0.05, 0.1) is 13.2 Å². The predicted molar refractivity (Wildman–Crippen MR) is 84.1 cm³/mol. The van der Waals surface area contributed by atoms with Crippen LogP contribution < -0.4 is 5.32 Å². The molecule has 0 atom stereocenters. The predicted octanol–water partition coefficient (Wildman–Crippen LogP) is 0.243. The molecule has 24 heavy (non-hydrogen) atoms. The Balaban J connectivity index is 0. The van der Waals surface area contributed by atoms with Gasteiger partial charge in [-0.3, -0.25) is 19.2 Å². The molecule has 0 aliphatic rings. The number of rotatable bonds is 13. The van der Waals surface area contributed by atoms with Crippen molar-refractivity contribution in [1.29, 1.82) is 0 Å². The maximum absolute atomic E-state index is 10.9. The van der Waals surface area contributed by atoms with Crippen molar-refractivity contribution in [2.75, 3.05) is 26.4 Å². The van der Waals surface area contributed by atoms with E-state index in [4.69, 9.17) is 14.9 Å². The lowest BCUT2D eigenvalue weighted by Gasteiger charge is -2.02. The lowest BCUT2D eigenvalue weighted by Crippen LogP contribution is -2.22. The summed E-state index contributed by atoms with van der Waals surface area (Å²) < 4.78 is 9.10. The molecule has 0 radical (unpaired) electrons. The molecule has 0 spiro atoms. The number of ether oxygens (including phenoxy) is 2. The van der Waals surface area contributed by atoms with Crippen LogP contribution in [0.2, 0.25) is 0 Å². The molecule has 0 heterocycles. The van der Waals surface area contributed by atoms with Gasteiger partial charge in [0, 0.05) is 32.4 Å². The van der Waals surface area contributed by atoms with Gasteiger partial charge in [-0.1, -0.05) is 0 Å². The summed E-state index contributed by atoms with van der Waals surface area (Å²) in [6.45, 7) is 3.25. The van der Waals surface area contributed by atoms with Gasteiger partial charge in [0.2, 0.25) is 5.91 Å². The van der Waals surface area contributed by atoms with E-state index in [1.165, 1.54) is 0 Å². The Labute approximate surface area is 141 Å². The van der Waals surface area contributed by atoms with Gasteiger partial charge in [0.15, 0.2) is 0 Å². The number of hydrogen-bond acceptors (Lipinski definition) is 7. The van der Waals surface area contributed by atoms with Crippen molar-refractivity contribution in [3.8, 4) is 0 Å². The first-order chi connectivity index (χ1) is 11.5. The number of hydrogen-bond donors (Lipinski definition) is 3. The third kappa shape index (κ3) is 22.1. The molecule has 9 nitrogen and oxygen atoms in total. The molecular weight excluding hydrogens is 322 g/mol. The maximum Gasteiger partial charge on any atom is 0.305 e. The Morgan fingerprint density at radius 3 is 2.25 bits per heavy atom. The van der Waals surface area contributed by atoms with E-state index in [1.54, 1.807) is 0 Å². The van der Waals surface area contributed by atoms with Gasteiger partial charge in [-0.2, -0.15) is 0 Å². The zero-order chi connectivity index (χ0) is 18.6. The third-order valence-electron chi connectivity index (χ3n) is 2.45. The highest BCUT2D eigenvalue weighted by Crippen LogP contribution is 1.96. The first-order valence-corrected chi connectivity index (χ1v) is 7.78. The molecule has 0 saturated carbocycles. The number of aliphatic hydroxyl groups is 1. The molecule has 0 bridgehead atoms. The lowest BCUT2D eigenvalue weighted by molar-refractivity contribution is -0.146. The monoisotopic (exact) mass is 349 g/mol. The van der Waals surface area contributed by atoms with E-state index in [2.05, 4.69) is 10.1 Å². The average Bonchev–Trinajstić information content (AvgIpc) is 2.54. The second-order valence-electron chi connectivity index (χ2n) is 4.57. The quantitative estimate of drug-likeness (QED) is 0.244. The van der Waals surface area contributed by atoms with Gasteiger partial charge in [-0.15, -0.1) is 0 Å². The molecule has 0 unspecified atom stereocenters. The molecule has 0 rings (SSSR count). The second-order valence-corrected chi connectivity index (χ2v) is 4.57. The largest absolute Gasteiger partial charge is 0.481 e. The molecule has 3 N–H and O–H groups in total. The zero-order valence-corrected chi connectivity index (χ0v) is 14.0. The van der Waals surface area contributed by atoms with Crippen LogP contribution in [0.25, 0.3) is 0 Å². The van der Waals surface area contributed by atoms with Gasteiger partial charge in [-0.25, -0.2) is 0 Å². The molecule has 0 aromatic rings. The standard InChI is InChI=1S/C9H14O6.C6H13NO2/c10-7-14-5-2-4-9(13)15-6-1-3-8(11)12;1-2-7-6(9)4-3-5-8/h7H,1-6H2,(H,11,12);8H,2-5H2,1H3,(H,7,9). The molecule has 0 aromatic heterocycles. The van der Waals surface area contributed by atoms with Gasteiger partial charge >= 0.3 is 11.9 Å². The first kappa shape index (κ1) is 24.1. The van der Waals surface area contributed by atoms with Crippen molar-refractivity contribution in [3.05, 3.63) is 0 Å². The van der Waals surface area contributed by atoms with Crippen molar-refractivity contribution < 1.29 is 38.9 Å². The van der Waals surface area contributed by atoms with E-state index in [0.29, 0.717) is 38.7 Å². The highest BCUT2D eigenvalue weighted by atomic mass is 16.5. The number of carbonyl (C=O) groups excluding carboxylic acids is 3. The van der Waals surface area contributed by atoms with Crippen LogP contribution in [-0.4, -0.2) is 60.9 Å². The Kier molecular flexibility index (Phi) is 19.0. The highest BCUT2D eigenvalue weighted by Gasteiger charge is 2.03. The second kappa shape index (κ2) is 18.9. The fourth-order valence-electron chi connectivity index (χ4n) is 1.35. The molecule has 0 aromatic carbocycles. The lowest BCUT2D eigenvalue weighted by atomic mass is 10.3. The molecule has 0 saturated heterocycles. The van der Waals surface area contributed by atoms with Crippen molar-refractivity contribution >= 4 is 24.3 Å². The summed E-state index contributed by atoms with van der Waals surface area (Å²) in [6, 6.07) is 0. The minimum Gasteiger partial charge on any atom is -0.481 e. The summed E-state index contributed by atoms with van der Waals surface area (Å²) in [5, 5.41) is 19.2. The normalized spacial score (nSPS) is 9.25. The van der Waals surface area contributed by atoms with Crippen molar-refractivity contribution in [2.45, 2.75) is 45.4 Å². The van der Waals surface area contributed by atoms with Crippen LogP contribution >= 0.6 is 0 Å². The molecule has 9 heteroatoms. The van der Waals surface area contributed by atoms with Crippen LogP contribution in [0.15, 0.2) is 0 Å². The number of carboxylic acid groups (broad SMARTS) is 1. The SMILES string of the molecule is CCNC(=O)CCCO.O=COCCCC(=O)OCCCC(=O)O. The smallest absolute Gasteiger partial charge is 0.305 e. The number of esters is 1. The maximum atomic E-state index is 10.9. The molecule has 140 valence electrons. The minimum absolute atomic E-state index is 0.0124. The zero-order valence-electron chi connectivity index (χ0n) is 14.0. The van der Waals surface area contributed by atoms with Crippen LogP contribution in [0.5, 0.6) is 0 Å². The van der Waals surface area contributed by atoms with Gasteiger partial charge in [-0.05, 0) is 26.2 Å². The number of carbonyl (C=O) groups is 4. The number of nitrogens with one attached hydrogen (secondary N) is 1. The summed E-state index contributed by atoms with van der Waals surface area (Å²) in [6.07, 6.45) is 1.88. The Hall–Kier alpha value is -2.16. The molecule has 1 amide bonds. The van der Waals surface area contributed by atoms with Crippen LogP contribution in [-0.2, 0) is 28.7 Å². The Morgan fingerprint density at radius 1 is 1.04 bits per heavy atom. The topological polar surface area (TPSA) is 139 Å².